The van der Waals surface area contributed by atoms with Crippen molar-refractivity contribution in [1.82, 2.24) is 20.1 Å². The lowest BCUT2D eigenvalue weighted by Crippen LogP contribution is -2.34. The Labute approximate surface area is 105 Å². The van der Waals surface area contributed by atoms with E-state index in [1.807, 2.05) is 13.8 Å². The Morgan fingerprint density at radius 2 is 2.00 bits per heavy atom. The Bertz CT molecular complexity index is 441. The Hall–Kier alpha value is -1.92. The standard InChI is InChI=1S/C11H18N4O3/c1-6(2)8-12-9(14-13-8)10(16)15(4)5-7(3)11(17)18/h6-7H,5H2,1-4H3,(H,17,18)(H,12,13,14). The van der Waals surface area contributed by atoms with Crippen LogP contribution in [0.5, 0.6) is 0 Å². The van der Waals surface area contributed by atoms with Gasteiger partial charge in [0.25, 0.3) is 5.91 Å². The van der Waals surface area contributed by atoms with Crippen molar-refractivity contribution in [2.24, 2.45) is 5.92 Å². The molecule has 0 aromatic carbocycles. The summed E-state index contributed by atoms with van der Waals surface area (Å²) in [6.07, 6.45) is 0. The number of nitrogens with zero attached hydrogens (tertiary/aromatic N) is 3. The fraction of sp³-hybridized carbons (Fsp3) is 0.636. The zero-order valence-electron chi connectivity index (χ0n) is 11.0. The second-order valence-electron chi connectivity index (χ2n) is 4.62. The van der Waals surface area contributed by atoms with Gasteiger partial charge in [0, 0.05) is 19.5 Å². The average Bonchev–Trinajstić information content (AvgIpc) is 2.76. The molecule has 0 fully saturated rings. The van der Waals surface area contributed by atoms with Gasteiger partial charge in [-0.05, 0) is 0 Å². The highest BCUT2D eigenvalue weighted by atomic mass is 16.4. The van der Waals surface area contributed by atoms with Crippen molar-refractivity contribution < 1.29 is 14.7 Å². The quantitative estimate of drug-likeness (QED) is 0.806. The van der Waals surface area contributed by atoms with Gasteiger partial charge in [-0.1, -0.05) is 20.8 Å². The first-order valence-electron chi connectivity index (χ1n) is 5.73. The predicted octanol–water partition coefficient (Wildman–Crippen LogP) is 0.721. The van der Waals surface area contributed by atoms with Crippen LogP contribution in [0.2, 0.25) is 0 Å². The maximum Gasteiger partial charge on any atom is 0.308 e. The van der Waals surface area contributed by atoms with Gasteiger partial charge < -0.3 is 10.0 Å². The first-order valence-corrected chi connectivity index (χ1v) is 5.73. The summed E-state index contributed by atoms with van der Waals surface area (Å²) in [6.45, 7) is 5.54. The molecule has 1 atom stereocenters. The molecule has 2 N–H and O–H groups in total. The molecule has 0 aliphatic rings. The van der Waals surface area contributed by atoms with Gasteiger partial charge in [-0.15, -0.1) is 5.10 Å². The summed E-state index contributed by atoms with van der Waals surface area (Å²) >= 11 is 0. The smallest absolute Gasteiger partial charge is 0.308 e. The van der Waals surface area contributed by atoms with E-state index in [0.29, 0.717) is 5.82 Å². The molecule has 7 heteroatoms. The zero-order valence-corrected chi connectivity index (χ0v) is 11.0. The summed E-state index contributed by atoms with van der Waals surface area (Å²) in [5, 5.41) is 15.3. The first-order chi connectivity index (χ1) is 8.32. The van der Waals surface area contributed by atoms with Crippen LogP contribution in [-0.4, -0.2) is 50.7 Å². The third-order valence-electron chi connectivity index (χ3n) is 2.56. The number of carboxylic acid groups (broad SMARTS) is 1. The molecule has 18 heavy (non-hydrogen) atoms. The summed E-state index contributed by atoms with van der Waals surface area (Å²) < 4.78 is 0. The Kier molecular flexibility index (Phi) is 4.41. The molecular weight excluding hydrogens is 236 g/mol. The van der Waals surface area contributed by atoms with Crippen LogP contribution in [0.3, 0.4) is 0 Å². The summed E-state index contributed by atoms with van der Waals surface area (Å²) in [5.41, 5.74) is 0. The number of carboxylic acids is 1. The second kappa shape index (κ2) is 5.61. The van der Waals surface area contributed by atoms with E-state index in [0.717, 1.165) is 0 Å². The summed E-state index contributed by atoms with van der Waals surface area (Å²) in [7, 11) is 1.53. The van der Waals surface area contributed by atoms with Crippen LogP contribution < -0.4 is 0 Å². The lowest BCUT2D eigenvalue weighted by atomic mass is 10.2. The molecule has 0 radical (unpaired) electrons. The third-order valence-corrected chi connectivity index (χ3v) is 2.56. The molecule has 0 spiro atoms. The maximum atomic E-state index is 11.9. The van der Waals surface area contributed by atoms with Gasteiger partial charge in [-0.2, -0.15) is 0 Å². The van der Waals surface area contributed by atoms with Gasteiger partial charge in [-0.3, -0.25) is 14.7 Å². The number of hydrogen-bond donors (Lipinski definition) is 2. The Morgan fingerprint density at radius 1 is 1.39 bits per heavy atom. The molecule has 1 amide bonds. The number of amides is 1. The fourth-order valence-corrected chi connectivity index (χ4v) is 1.37. The average molecular weight is 254 g/mol. The van der Waals surface area contributed by atoms with Crippen LogP contribution in [0, 0.1) is 5.92 Å². The molecule has 0 saturated heterocycles. The minimum Gasteiger partial charge on any atom is -0.481 e. The van der Waals surface area contributed by atoms with Crippen LogP contribution in [-0.2, 0) is 4.79 Å². The number of aromatic nitrogens is 3. The van der Waals surface area contributed by atoms with Crippen molar-refractivity contribution in [2.75, 3.05) is 13.6 Å². The summed E-state index contributed by atoms with van der Waals surface area (Å²) in [5.74, 6) is -1.08. The molecular formula is C11H18N4O3. The topological polar surface area (TPSA) is 99.2 Å². The molecule has 1 rings (SSSR count). The van der Waals surface area contributed by atoms with E-state index in [9.17, 15) is 9.59 Å². The van der Waals surface area contributed by atoms with E-state index >= 15 is 0 Å². The van der Waals surface area contributed by atoms with Crippen LogP contribution in [0.25, 0.3) is 0 Å². The van der Waals surface area contributed by atoms with Gasteiger partial charge in [0.05, 0.1) is 5.92 Å². The molecule has 0 saturated carbocycles. The number of carbonyl (C=O) groups is 2. The number of aliphatic carboxylic acids is 1. The van der Waals surface area contributed by atoms with Gasteiger partial charge in [0.2, 0.25) is 5.82 Å². The highest BCUT2D eigenvalue weighted by molar-refractivity contribution is 5.90. The number of hydrogen-bond acceptors (Lipinski definition) is 4. The molecule has 100 valence electrons. The predicted molar refractivity (Wildman–Crippen MR) is 64.2 cm³/mol. The molecule has 0 aliphatic heterocycles. The second-order valence-corrected chi connectivity index (χ2v) is 4.62. The number of carbonyl (C=O) groups excluding carboxylic acids is 1. The SMILES string of the molecule is CC(CN(C)C(=O)c1n[nH]c(C(C)C)n1)C(=O)O. The molecule has 7 nitrogen and oxygen atoms in total. The van der Waals surface area contributed by atoms with E-state index < -0.39 is 11.9 Å². The number of rotatable bonds is 5. The zero-order chi connectivity index (χ0) is 13.9. The number of aromatic amines is 1. The van der Waals surface area contributed by atoms with Crippen molar-refractivity contribution in [3.05, 3.63) is 11.6 Å². The van der Waals surface area contributed by atoms with Gasteiger partial charge in [-0.25, -0.2) is 4.98 Å². The third kappa shape index (κ3) is 3.28. The molecule has 1 unspecified atom stereocenters. The van der Waals surface area contributed by atoms with Crippen LogP contribution >= 0.6 is 0 Å². The Morgan fingerprint density at radius 3 is 2.44 bits per heavy atom. The lowest BCUT2D eigenvalue weighted by molar-refractivity contribution is -0.141. The van der Waals surface area contributed by atoms with E-state index in [1.54, 1.807) is 6.92 Å². The van der Waals surface area contributed by atoms with Crippen molar-refractivity contribution >= 4 is 11.9 Å². The minimum absolute atomic E-state index is 0.0683. The maximum absolute atomic E-state index is 11.9. The highest BCUT2D eigenvalue weighted by Crippen LogP contribution is 2.09. The first kappa shape index (κ1) is 14.1. The largest absolute Gasteiger partial charge is 0.481 e. The molecule has 0 bridgehead atoms. The lowest BCUT2D eigenvalue weighted by Gasteiger charge is -2.17. The normalized spacial score (nSPS) is 12.5. The summed E-state index contributed by atoms with van der Waals surface area (Å²) in [6, 6.07) is 0. The van der Waals surface area contributed by atoms with Crippen LogP contribution in [0.4, 0.5) is 0 Å². The number of nitrogens with one attached hydrogen (secondary N) is 1. The van der Waals surface area contributed by atoms with Crippen molar-refractivity contribution in [1.29, 1.82) is 0 Å². The van der Waals surface area contributed by atoms with E-state index in [2.05, 4.69) is 15.2 Å². The molecule has 1 aromatic rings. The molecule has 1 aromatic heterocycles. The van der Waals surface area contributed by atoms with Crippen molar-refractivity contribution in [3.63, 3.8) is 0 Å². The highest BCUT2D eigenvalue weighted by Gasteiger charge is 2.21. The number of H-pyrrole nitrogens is 1. The Balaban J connectivity index is 2.71. The van der Waals surface area contributed by atoms with E-state index in [4.69, 9.17) is 5.11 Å². The van der Waals surface area contributed by atoms with Gasteiger partial charge >= 0.3 is 5.97 Å². The van der Waals surface area contributed by atoms with Crippen LogP contribution in [0.1, 0.15) is 43.1 Å². The molecule has 1 heterocycles. The van der Waals surface area contributed by atoms with Crippen molar-refractivity contribution in [3.8, 4) is 0 Å². The van der Waals surface area contributed by atoms with Gasteiger partial charge in [0.15, 0.2) is 0 Å². The van der Waals surface area contributed by atoms with E-state index in [-0.39, 0.29) is 24.2 Å². The summed E-state index contributed by atoms with van der Waals surface area (Å²) in [4.78, 5) is 28.0. The van der Waals surface area contributed by atoms with Crippen LogP contribution in [0.15, 0.2) is 0 Å². The minimum atomic E-state index is -0.937. The van der Waals surface area contributed by atoms with Gasteiger partial charge in [0.1, 0.15) is 5.82 Å². The monoisotopic (exact) mass is 254 g/mol. The van der Waals surface area contributed by atoms with E-state index in [1.165, 1.54) is 11.9 Å². The molecule has 0 aliphatic carbocycles. The van der Waals surface area contributed by atoms with Crippen molar-refractivity contribution in [2.45, 2.75) is 26.7 Å². The fourth-order valence-electron chi connectivity index (χ4n) is 1.37.